The Bertz CT molecular complexity index is 1090. The summed E-state index contributed by atoms with van der Waals surface area (Å²) in [6.07, 6.45) is 2.34. The standard InChI is InChI=1S/C26H26N2O3/c1-5-18(3)28-25(29)23(19(4)24(15-27)26(28)30)14-20-10-12-22(13-11-20)31-16-21-8-6-17(2)7-9-21/h6-14,18H,5,16H2,1-4H3/b23-14+. The fourth-order valence-electron chi connectivity index (χ4n) is 3.36. The molecule has 1 unspecified atom stereocenters. The number of benzene rings is 2. The van der Waals surface area contributed by atoms with E-state index in [4.69, 9.17) is 4.74 Å². The highest BCUT2D eigenvalue weighted by molar-refractivity contribution is 6.19. The number of nitrogens with zero attached hydrogens (tertiary/aromatic N) is 2. The van der Waals surface area contributed by atoms with Crippen molar-refractivity contribution >= 4 is 17.9 Å². The molecule has 1 heterocycles. The van der Waals surface area contributed by atoms with Gasteiger partial charge in [0.25, 0.3) is 11.8 Å². The average Bonchev–Trinajstić information content (AvgIpc) is 2.77. The zero-order valence-corrected chi connectivity index (χ0v) is 18.3. The van der Waals surface area contributed by atoms with Crippen LogP contribution in [-0.2, 0) is 16.2 Å². The normalized spacial score (nSPS) is 16.5. The number of amides is 2. The smallest absolute Gasteiger partial charge is 0.271 e. The van der Waals surface area contributed by atoms with Gasteiger partial charge in [-0.05, 0) is 62.1 Å². The first kappa shape index (κ1) is 22.0. The third kappa shape index (κ3) is 4.75. The van der Waals surface area contributed by atoms with Crippen molar-refractivity contribution in [3.8, 4) is 11.8 Å². The Morgan fingerprint density at radius 3 is 2.26 bits per heavy atom. The number of carbonyl (C=O) groups excluding carboxylic acids is 2. The summed E-state index contributed by atoms with van der Waals surface area (Å²) in [6, 6.07) is 17.3. The minimum absolute atomic E-state index is 0.0178. The first-order valence-electron chi connectivity index (χ1n) is 10.3. The summed E-state index contributed by atoms with van der Waals surface area (Å²) >= 11 is 0. The largest absolute Gasteiger partial charge is 0.489 e. The number of ether oxygens (including phenoxy) is 1. The first-order chi connectivity index (χ1) is 14.8. The fourth-order valence-corrected chi connectivity index (χ4v) is 3.36. The van der Waals surface area contributed by atoms with Crippen LogP contribution in [0.1, 0.15) is 43.9 Å². The van der Waals surface area contributed by atoms with Gasteiger partial charge in [-0.2, -0.15) is 5.26 Å². The van der Waals surface area contributed by atoms with Gasteiger partial charge in [-0.25, -0.2) is 0 Å². The van der Waals surface area contributed by atoms with E-state index in [0.717, 1.165) is 16.9 Å². The van der Waals surface area contributed by atoms with Crippen molar-refractivity contribution in [1.82, 2.24) is 4.90 Å². The second-order valence-electron chi connectivity index (χ2n) is 7.75. The van der Waals surface area contributed by atoms with Gasteiger partial charge in [0.2, 0.25) is 0 Å². The molecule has 31 heavy (non-hydrogen) atoms. The van der Waals surface area contributed by atoms with Crippen molar-refractivity contribution in [3.63, 3.8) is 0 Å². The lowest BCUT2D eigenvalue weighted by Crippen LogP contribution is -2.47. The molecule has 0 aliphatic carbocycles. The summed E-state index contributed by atoms with van der Waals surface area (Å²) in [4.78, 5) is 26.8. The highest BCUT2D eigenvalue weighted by atomic mass is 16.5. The lowest BCUT2D eigenvalue weighted by Gasteiger charge is -2.31. The van der Waals surface area contributed by atoms with Crippen LogP contribution >= 0.6 is 0 Å². The van der Waals surface area contributed by atoms with E-state index < -0.39 is 5.91 Å². The highest BCUT2D eigenvalue weighted by Crippen LogP contribution is 2.29. The van der Waals surface area contributed by atoms with Gasteiger partial charge in [-0.3, -0.25) is 14.5 Å². The Morgan fingerprint density at radius 1 is 1.03 bits per heavy atom. The molecule has 0 fully saturated rings. The van der Waals surface area contributed by atoms with Crippen molar-refractivity contribution in [2.75, 3.05) is 0 Å². The molecule has 0 aromatic heterocycles. The molecule has 0 saturated heterocycles. The Morgan fingerprint density at radius 2 is 1.68 bits per heavy atom. The van der Waals surface area contributed by atoms with E-state index in [0.29, 0.717) is 24.2 Å². The maximum atomic E-state index is 13.0. The fraction of sp³-hybridized carbons (Fsp3) is 0.269. The number of carbonyl (C=O) groups is 2. The Kier molecular flexibility index (Phi) is 6.71. The van der Waals surface area contributed by atoms with Gasteiger partial charge in [0.05, 0.1) is 0 Å². The summed E-state index contributed by atoms with van der Waals surface area (Å²) < 4.78 is 5.84. The number of rotatable bonds is 6. The summed E-state index contributed by atoms with van der Waals surface area (Å²) in [5.41, 5.74) is 3.88. The average molecular weight is 415 g/mol. The lowest BCUT2D eigenvalue weighted by molar-refractivity contribution is -0.142. The molecule has 158 valence electrons. The summed E-state index contributed by atoms with van der Waals surface area (Å²) in [6.45, 7) is 7.87. The molecule has 0 radical (unpaired) electrons. The monoisotopic (exact) mass is 414 g/mol. The molecule has 2 aromatic rings. The van der Waals surface area contributed by atoms with Crippen molar-refractivity contribution in [2.24, 2.45) is 0 Å². The number of aryl methyl sites for hydroxylation is 1. The summed E-state index contributed by atoms with van der Waals surface area (Å²) in [7, 11) is 0. The first-order valence-corrected chi connectivity index (χ1v) is 10.3. The predicted molar refractivity (Wildman–Crippen MR) is 120 cm³/mol. The van der Waals surface area contributed by atoms with Gasteiger partial charge in [0.15, 0.2) is 0 Å². The molecule has 0 bridgehead atoms. The van der Waals surface area contributed by atoms with Crippen molar-refractivity contribution in [2.45, 2.75) is 46.8 Å². The van der Waals surface area contributed by atoms with Crippen LogP contribution in [0.4, 0.5) is 0 Å². The molecular weight excluding hydrogens is 388 g/mol. The van der Waals surface area contributed by atoms with E-state index in [1.165, 1.54) is 10.5 Å². The second-order valence-corrected chi connectivity index (χ2v) is 7.75. The molecular formula is C26H26N2O3. The molecule has 1 atom stereocenters. The van der Waals surface area contributed by atoms with E-state index in [1.807, 2.05) is 75.4 Å². The Labute approximate surface area is 183 Å². The van der Waals surface area contributed by atoms with Gasteiger partial charge >= 0.3 is 0 Å². The van der Waals surface area contributed by atoms with Crippen LogP contribution in [0.25, 0.3) is 6.08 Å². The minimum atomic E-state index is -0.517. The molecule has 0 N–H and O–H groups in total. The van der Waals surface area contributed by atoms with Crippen LogP contribution in [0.3, 0.4) is 0 Å². The van der Waals surface area contributed by atoms with Crippen LogP contribution < -0.4 is 4.74 Å². The predicted octanol–water partition coefficient (Wildman–Crippen LogP) is 4.96. The summed E-state index contributed by atoms with van der Waals surface area (Å²) in [5.74, 6) is -0.161. The molecule has 5 nitrogen and oxygen atoms in total. The molecule has 1 aliphatic rings. The van der Waals surface area contributed by atoms with E-state index in [9.17, 15) is 14.9 Å². The van der Waals surface area contributed by atoms with Gasteiger partial charge in [-0.1, -0.05) is 48.9 Å². The van der Waals surface area contributed by atoms with E-state index in [2.05, 4.69) is 0 Å². The Hall–Kier alpha value is -3.65. The summed E-state index contributed by atoms with van der Waals surface area (Å²) in [5, 5.41) is 9.47. The van der Waals surface area contributed by atoms with Crippen LogP contribution in [0, 0.1) is 18.3 Å². The van der Waals surface area contributed by atoms with Gasteiger partial charge < -0.3 is 4.74 Å². The molecule has 5 heteroatoms. The topological polar surface area (TPSA) is 70.4 Å². The lowest BCUT2D eigenvalue weighted by atomic mass is 9.92. The van der Waals surface area contributed by atoms with E-state index in [-0.39, 0.29) is 17.5 Å². The molecule has 2 amide bonds. The molecule has 2 aromatic carbocycles. The van der Waals surface area contributed by atoms with E-state index in [1.54, 1.807) is 13.0 Å². The SMILES string of the molecule is CCC(C)N1C(=O)C(C#N)=C(C)/C(=C\c2ccc(OCc3ccc(C)cc3)cc2)C1=O. The van der Waals surface area contributed by atoms with Crippen LogP contribution in [-0.4, -0.2) is 22.8 Å². The Balaban J connectivity index is 1.83. The minimum Gasteiger partial charge on any atom is -0.489 e. The molecule has 0 saturated carbocycles. The zero-order valence-electron chi connectivity index (χ0n) is 18.3. The third-order valence-corrected chi connectivity index (χ3v) is 5.52. The number of nitriles is 1. The maximum Gasteiger partial charge on any atom is 0.271 e. The molecule has 3 rings (SSSR count). The molecule has 1 aliphatic heterocycles. The van der Waals surface area contributed by atoms with Gasteiger partial charge in [0.1, 0.15) is 24.0 Å². The van der Waals surface area contributed by atoms with Gasteiger partial charge in [0, 0.05) is 11.6 Å². The highest BCUT2D eigenvalue weighted by Gasteiger charge is 2.37. The van der Waals surface area contributed by atoms with Crippen molar-refractivity contribution in [1.29, 1.82) is 5.26 Å². The molecule has 0 spiro atoms. The number of hydrogen-bond acceptors (Lipinski definition) is 4. The number of hydrogen-bond donors (Lipinski definition) is 0. The van der Waals surface area contributed by atoms with Crippen molar-refractivity contribution in [3.05, 3.63) is 81.9 Å². The van der Waals surface area contributed by atoms with Crippen LogP contribution in [0.15, 0.2) is 65.3 Å². The third-order valence-electron chi connectivity index (χ3n) is 5.52. The number of imide groups is 1. The van der Waals surface area contributed by atoms with Crippen molar-refractivity contribution < 1.29 is 14.3 Å². The quantitative estimate of drug-likeness (QED) is 0.495. The van der Waals surface area contributed by atoms with Gasteiger partial charge in [-0.15, -0.1) is 0 Å². The zero-order chi connectivity index (χ0) is 22.5. The van der Waals surface area contributed by atoms with Crippen LogP contribution in [0.5, 0.6) is 5.75 Å². The van der Waals surface area contributed by atoms with E-state index >= 15 is 0 Å². The van der Waals surface area contributed by atoms with Crippen LogP contribution in [0.2, 0.25) is 0 Å². The maximum absolute atomic E-state index is 13.0. The second kappa shape index (κ2) is 9.44.